The Morgan fingerprint density at radius 1 is 1.18 bits per heavy atom. The lowest BCUT2D eigenvalue weighted by Gasteiger charge is -2.29. The van der Waals surface area contributed by atoms with Gasteiger partial charge < -0.3 is 9.47 Å². The second-order valence-corrected chi connectivity index (χ2v) is 8.28. The van der Waals surface area contributed by atoms with Gasteiger partial charge in [0.2, 0.25) is 5.91 Å². The molecule has 2 heterocycles. The summed E-state index contributed by atoms with van der Waals surface area (Å²) >= 11 is 1.62. The molecule has 5 heteroatoms. The van der Waals surface area contributed by atoms with Gasteiger partial charge in [-0.15, -0.1) is 11.8 Å². The number of aryl methyl sites for hydroxylation is 2. The van der Waals surface area contributed by atoms with Crippen LogP contribution in [-0.4, -0.2) is 35.1 Å². The molecule has 3 aromatic rings. The van der Waals surface area contributed by atoms with E-state index in [1.165, 1.54) is 0 Å². The molecule has 4 rings (SSSR count). The van der Waals surface area contributed by atoms with Crippen LogP contribution in [0.1, 0.15) is 30.2 Å². The number of alkyl halides is 1. The maximum atomic E-state index is 13.5. The molecule has 0 spiro atoms. The van der Waals surface area contributed by atoms with Gasteiger partial charge in [0.15, 0.2) is 0 Å². The van der Waals surface area contributed by atoms with Crippen molar-refractivity contribution in [3.05, 3.63) is 53.6 Å². The van der Waals surface area contributed by atoms with Crippen LogP contribution in [0.25, 0.3) is 22.2 Å². The fraction of sp³-hybridized carbons (Fsp3) is 0.348. The molecule has 1 aromatic heterocycles. The van der Waals surface area contributed by atoms with Gasteiger partial charge in [0.1, 0.15) is 11.9 Å². The van der Waals surface area contributed by atoms with Crippen LogP contribution in [0.5, 0.6) is 0 Å². The average molecular weight is 396 g/mol. The highest BCUT2D eigenvalue weighted by molar-refractivity contribution is 8.00. The summed E-state index contributed by atoms with van der Waals surface area (Å²) in [5.74, 6) is 0.131. The maximum absolute atomic E-state index is 13.5. The molecule has 28 heavy (non-hydrogen) atoms. The quantitative estimate of drug-likeness (QED) is 0.562. The molecule has 146 valence electrons. The molecule has 1 atom stereocenters. The fourth-order valence-corrected chi connectivity index (χ4v) is 5.50. The van der Waals surface area contributed by atoms with E-state index in [4.69, 9.17) is 0 Å². The minimum absolute atomic E-state index is 0.131. The van der Waals surface area contributed by atoms with Gasteiger partial charge >= 0.3 is 0 Å². The first kappa shape index (κ1) is 19.1. The van der Waals surface area contributed by atoms with Crippen molar-refractivity contribution in [1.29, 1.82) is 0 Å². The summed E-state index contributed by atoms with van der Waals surface area (Å²) in [4.78, 5) is 16.4. The summed E-state index contributed by atoms with van der Waals surface area (Å²) in [5, 5.41) is 0.755. The first-order chi connectivity index (χ1) is 13.6. The molecule has 1 unspecified atom stereocenters. The Labute approximate surface area is 169 Å². The van der Waals surface area contributed by atoms with Crippen molar-refractivity contribution >= 4 is 28.6 Å². The van der Waals surface area contributed by atoms with Crippen molar-refractivity contribution in [2.24, 2.45) is 0 Å². The minimum atomic E-state index is -0.436. The highest BCUT2D eigenvalue weighted by Gasteiger charge is 2.37. The summed E-state index contributed by atoms with van der Waals surface area (Å²) in [6.07, 6.45) is 0. The maximum Gasteiger partial charge on any atom is 0.240 e. The van der Waals surface area contributed by atoms with E-state index >= 15 is 0 Å². The van der Waals surface area contributed by atoms with Gasteiger partial charge in [0.25, 0.3) is 0 Å². The van der Waals surface area contributed by atoms with E-state index in [1.54, 1.807) is 11.8 Å². The third kappa shape index (κ3) is 2.93. The van der Waals surface area contributed by atoms with Crippen LogP contribution in [0.4, 0.5) is 4.39 Å². The number of rotatable bonds is 5. The van der Waals surface area contributed by atoms with Crippen LogP contribution in [0.2, 0.25) is 0 Å². The van der Waals surface area contributed by atoms with Crippen molar-refractivity contribution in [2.75, 3.05) is 19.8 Å². The topological polar surface area (TPSA) is 25.2 Å². The Morgan fingerprint density at radius 2 is 1.93 bits per heavy atom. The predicted octanol–water partition coefficient (Wildman–Crippen LogP) is 5.60. The smallest absolute Gasteiger partial charge is 0.240 e. The van der Waals surface area contributed by atoms with Crippen molar-refractivity contribution in [3.8, 4) is 11.3 Å². The largest absolute Gasteiger partial charge is 0.342 e. The summed E-state index contributed by atoms with van der Waals surface area (Å²) < 4.78 is 15.6. The molecule has 0 fully saturated rings. The number of halogens is 1. The fourth-order valence-electron chi connectivity index (χ4n) is 4.19. The van der Waals surface area contributed by atoms with Crippen LogP contribution >= 0.6 is 11.8 Å². The lowest BCUT2D eigenvalue weighted by atomic mass is 9.99. The molecular weight excluding hydrogens is 370 g/mol. The van der Waals surface area contributed by atoms with E-state index in [2.05, 4.69) is 41.8 Å². The van der Waals surface area contributed by atoms with Gasteiger partial charge in [0, 0.05) is 40.0 Å². The molecule has 1 amide bonds. The number of hydrogen-bond acceptors (Lipinski definition) is 2. The van der Waals surface area contributed by atoms with E-state index in [0.29, 0.717) is 19.6 Å². The lowest BCUT2D eigenvalue weighted by molar-refractivity contribution is -0.130. The van der Waals surface area contributed by atoms with Gasteiger partial charge in [-0.25, -0.2) is 4.39 Å². The second-order valence-electron chi connectivity index (χ2n) is 7.13. The van der Waals surface area contributed by atoms with Crippen molar-refractivity contribution in [2.45, 2.75) is 37.5 Å². The van der Waals surface area contributed by atoms with Gasteiger partial charge in [-0.3, -0.25) is 4.79 Å². The van der Waals surface area contributed by atoms with Crippen LogP contribution in [0.15, 0.2) is 47.4 Å². The number of carbonyl (C=O) groups is 1. The van der Waals surface area contributed by atoms with Crippen LogP contribution in [0.3, 0.4) is 0 Å². The van der Waals surface area contributed by atoms with E-state index < -0.39 is 6.67 Å². The third-order valence-corrected chi connectivity index (χ3v) is 6.80. The number of hydrogen-bond donors (Lipinski definition) is 0. The minimum Gasteiger partial charge on any atom is -0.342 e. The first-order valence-electron chi connectivity index (χ1n) is 9.84. The van der Waals surface area contributed by atoms with Crippen LogP contribution in [-0.2, 0) is 11.3 Å². The number of aromatic nitrogens is 1. The SMILES string of the molecule is CCN(CC)C(=O)C1Sc2ccccc2-c2c1c1cc(C)ccc1n2CC[18F]. The highest BCUT2D eigenvalue weighted by Crippen LogP contribution is 2.53. The highest BCUT2D eigenvalue weighted by atomic mass is 32.2. The Morgan fingerprint density at radius 3 is 2.64 bits per heavy atom. The van der Waals surface area contributed by atoms with Crippen LogP contribution in [0, 0.1) is 6.92 Å². The molecule has 3 nitrogen and oxygen atoms in total. The summed E-state index contributed by atoms with van der Waals surface area (Å²) in [6, 6.07) is 14.4. The summed E-state index contributed by atoms with van der Waals surface area (Å²) in [7, 11) is 0. The molecule has 0 bridgehead atoms. The van der Waals surface area contributed by atoms with Crippen molar-refractivity contribution in [3.63, 3.8) is 0 Å². The van der Waals surface area contributed by atoms with Gasteiger partial charge in [-0.2, -0.15) is 0 Å². The molecule has 0 saturated carbocycles. The molecule has 0 radical (unpaired) electrons. The normalized spacial score (nSPS) is 15.4. The van der Waals surface area contributed by atoms with Gasteiger partial charge in [-0.05, 0) is 39.0 Å². The Kier molecular flexibility index (Phi) is 5.19. The second kappa shape index (κ2) is 7.63. The zero-order valence-electron chi connectivity index (χ0n) is 16.5. The number of amides is 1. The standard InChI is InChI=1S/C23H25FN2OS/c1-4-25(5-2)23(27)22-20-17-14-15(3)10-11-18(17)26(13-12-24)21(20)16-8-6-7-9-19(16)28-22/h6-11,14,22H,4-5,12-13H2,1-3H3/i24-1. The molecule has 2 aromatic carbocycles. The van der Waals surface area contributed by atoms with Crippen molar-refractivity contribution in [1.82, 2.24) is 9.47 Å². The van der Waals surface area contributed by atoms with E-state index in [1.807, 2.05) is 30.9 Å². The van der Waals surface area contributed by atoms with Crippen molar-refractivity contribution < 1.29 is 9.18 Å². The number of thioether (sulfide) groups is 1. The predicted molar refractivity (Wildman–Crippen MR) is 115 cm³/mol. The number of fused-ring (bicyclic) bond motifs is 5. The van der Waals surface area contributed by atoms with E-state index in [-0.39, 0.29) is 11.2 Å². The molecule has 0 saturated heterocycles. The zero-order chi connectivity index (χ0) is 19.8. The Hall–Kier alpha value is -2.27. The molecule has 0 N–H and O–H groups in total. The van der Waals surface area contributed by atoms with E-state index in [0.717, 1.165) is 38.2 Å². The molecule has 1 aliphatic heterocycles. The van der Waals surface area contributed by atoms with Crippen LogP contribution < -0.4 is 0 Å². The molecule has 1 aliphatic rings. The van der Waals surface area contributed by atoms with Gasteiger partial charge in [-0.1, -0.05) is 29.8 Å². The molecule has 0 aliphatic carbocycles. The Bertz CT molecular complexity index is 1040. The third-order valence-electron chi connectivity index (χ3n) is 5.51. The average Bonchev–Trinajstić information content (AvgIpc) is 3.02. The number of nitrogens with zero attached hydrogens (tertiary/aromatic N) is 2. The monoisotopic (exact) mass is 395 g/mol. The Balaban J connectivity index is 2.04. The summed E-state index contributed by atoms with van der Waals surface area (Å²) in [6.45, 7) is 7.31. The van der Waals surface area contributed by atoms with E-state index in [9.17, 15) is 9.18 Å². The first-order valence-corrected chi connectivity index (χ1v) is 10.7. The lowest BCUT2D eigenvalue weighted by Crippen LogP contribution is -2.34. The zero-order valence-corrected chi connectivity index (χ0v) is 17.4. The number of likely N-dealkylation sites (N-methyl/N-ethyl adjacent to an activating group) is 1. The number of benzene rings is 2. The molecular formula is C23H25FN2OS. The number of carbonyl (C=O) groups excluding carboxylic acids is 1. The van der Waals surface area contributed by atoms with Gasteiger partial charge in [0.05, 0.1) is 12.2 Å². The summed E-state index contributed by atoms with van der Waals surface area (Å²) in [5.41, 5.74) is 5.27.